The second kappa shape index (κ2) is 6.38. The van der Waals surface area contributed by atoms with Gasteiger partial charge in [-0.05, 0) is 19.9 Å². The SMILES string of the molecule is CN(CC(=O)NCC(F)(F)F)C1CCCCC1O. The van der Waals surface area contributed by atoms with Crippen LogP contribution in [0.15, 0.2) is 0 Å². The molecule has 0 aromatic carbocycles. The van der Waals surface area contributed by atoms with Crippen molar-refractivity contribution in [1.82, 2.24) is 10.2 Å². The van der Waals surface area contributed by atoms with E-state index >= 15 is 0 Å². The van der Waals surface area contributed by atoms with Crippen molar-refractivity contribution in [3.05, 3.63) is 0 Å². The van der Waals surface area contributed by atoms with Crippen LogP contribution >= 0.6 is 0 Å². The summed E-state index contributed by atoms with van der Waals surface area (Å²) < 4.78 is 35.7. The lowest BCUT2D eigenvalue weighted by atomic mass is 9.91. The monoisotopic (exact) mass is 268 g/mol. The highest BCUT2D eigenvalue weighted by atomic mass is 19.4. The van der Waals surface area contributed by atoms with Gasteiger partial charge in [0, 0.05) is 6.04 Å². The summed E-state index contributed by atoms with van der Waals surface area (Å²) in [6.45, 7) is -1.44. The molecular formula is C11H19F3N2O2. The van der Waals surface area contributed by atoms with Gasteiger partial charge in [0.2, 0.25) is 5.91 Å². The number of likely N-dealkylation sites (N-methyl/N-ethyl adjacent to an activating group) is 1. The van der Waals surface area contributed by atoms with Crippen molar-refractivity contribution >= 4 is 5.91 Å². The molecule has 0 heterocycles. The zero-order chi connectivity index (χ0) is 13.8. The molecule has 0 saturated heterocycles. The van der Waals surface area contributed by atoms with Crippen LogP contribution in [0.2, 0.25) is 0 Å². The van der Waals surface area contributed by atoms with Gasteiger partial charge in [-0.2, -0.15) is 13.2 Å². The third-order valence-corrected chi connectivity index (χ3v) is 3.14. The van der Waals surface area contributed by atoms with E-state index in [1.54, 1.807) is 11.9 Å². The van der Waals surface area contributed by atoms with Crippen molar-refractivity contribution in [3.8, 4) is 0 Å². The molecule has 1 aliphatic carbocycles. The summed E-state index contributed by atoms with van der Waals surface area (Å²) in [5.74, 6) is -0.674. The van der Waals surface area contributed by atoms with Crippen LogP contribution in [0, 0.1) is 0 Å². The van der Waals surface area contributed by atoms with Gasteiger partial charge in [-0.15, -0.1) is 0 Å². The van der Waals surface area contributed by atoms with E-state index in [-0.39, 0.29) is 12.6 Å². The Morgan fingerprint density at radius 1 is 1.39 bits per heavy atom. The van der Waals surface area contributed by atoms with Gasteiger partial charge < -0.3 is 10.4 Å². The van der Waals surface area contributed by atoms with Crippen molar-refractivity contribution in [2.45, 2.75) is 44.0 Å². The van der Waals surface area contributed by atoms with Crippen LogP contribution in [0.5, 0.6) is 0 Å². The molecule has 7 heteroatoms. The van der Waals surface area contributed by atoms with Crippen LogP contribution in [-0.4, -0.2) is 54.4 Å². The van der Waals surface area contributed by atoms with Gasteiger partial charge >= 0.3 is 6.18 Å². The van der Waals surface area contributed by atoms with Gasteiger partial charge in [-0.1, -0.05) is 12.8 Å². The predicted molar refractivity (Wildman–Crippen MR) is 60.0 cm³/mol. The second-order valence-corrected chi connectivity index (χ2v) is 4.73. The Morgan fingerprint density at radius 3 is 2.56 bits per heavy atom. The van der Waals surface area contributed by atoms with Crippen LogP contribution in [-0.2, 0) is 4.79 Å². The minimum Gasteiger partial charge on any atom is -0.391 e. The quantitative estimate of drug-likeness (QED) is 0.796. The highest BCUT2D eigenvalue weighted by Gasteiger charge is 2.30. The number of hydrogen-bond acceptors (Lipinski definition) is 3. The summed E-state index contributed by atoms with van der Waals surface area (Å²) in [6.07, 6.45) is -1.52. The van der Waals surface area contributed by atoms with Gasteiger partial charge in [0.25, 0.3) is 0 Å². The van der Waals surface area contributed by atoms with E-state index in [4.69, 9.17) is 0 Å². The van der Waals surface area contributed by atoms with E-state index in [0.717, 1.165) is 19.3 Å². The van der Waals surface area contributed by atoms with E-state index in [9.17, 15) is 23.1 Å². The molecule has 2 unspecified atom stereocenters. The van der Waals surface area contributed by atoms with E-state index in [1.807, 2.05) is 5.32 Å². The molecule has 2 N–H and O–H groups in total. The highest BCUT2D eigenvalue weighted by Crippen LogP contribution is 2.22. The standard InChI is InChI=1S/C11H19F3N2O2/c1-16(8-4-2-3-5-9(8)17)6-10(18)15-7-11(12,13)14/h8-9,17H,2-7H2,1H3,(H,15,18). The fraction of sp³-hybridized carbons (Fsp3) is 0.909. The number of rotatable bonds is 4. The number of amides is 1. The van der Waals surface area contributed by atoms with E-state index < -0.39 is 24.7 Å². The lowest BCUT2D eigenvalue weighted by molar-refractivity contribution is -0.139. The Bertz CT molecular complexity index is 284. The number of alkyl halides is 3. The molecule has 0 aromatic heterocycles. The van der Waals surface area contributed by atoms with Gasteiger partial charge in [-0.25, -0.2) is 0 Å². The number of aliphatic hydroxyl groups is 1. The summed E-state index contributed by atoms with van der Waals surface area (Å²) in [4.78, 5) is 12.9. The van der Waals surface area contributed by atoms with Crippen LogP contribution in [0.1, 0.15) is 25.7 Å². The lowest BCUT2D eigenvalue weighted by Crippen LogP contribution is -2.48. The largest absolute Gasteiger partial charge is 0.405 e. The van der Waals surface area contributed by atoms with E-state index in [1.165, 1.54) is 0 Å². The van der Waals surface area contributed by atoms with E-state index in [0.29, 0.717) is 6.42 Å². The average molecular weight is 268 g/mol. The molecule has 0 radical (unpaired) electrons. The number of halogens is 3. The molecule has 2 atom stereocenters. The third-order valence-electron chi connectivity index (χ3n) is 3.14. The maximum absolute atomic E-state index is 11.9. The van der Waals surface area contributed by atoms with Crippen molar-refractivity contribution < 1.29 is 23.1 Å². The number of carbonyl (C=O) groups excluding carboxylic acids is 1. The first kappa shape index (κ1) is 15.2. The van der Waals surface area contributed by atoms with Crippen LogP contribution in [0.4, 0.5) is 13.2 Å². The van der Waals surface area contributed by atoms with Gasteiger partial charge in [-0.3, -0.25) is 9.69 Å². The normalized spacial score (nSPS) is 25.2. The molecule has 106 valence electrons. The summed E-state index contributed by atoms with van der Waals surface area (Å²) in [5.41, 5.74) is 0. The highest BCUT2D eigenvalue weighted by molar-refractivity contribution is 5.78. The Balaban J connectivity index is 2.34. The van der Waals surface area contributed by atoms with Crippen molar-refractivity contribution in [2.24, 2.45) is 0 Å². The maximum atomic E-state index is 11.9. The summed E-state index contributed by atoms with van der Waals surface area (Å²) in [6, 6.07) is -0.143. The average Bonchev–Trinajstić information content (AvgIpc) is 2.26. The minimum atomic E-state index is -4.39. The smallest absolute Gasteiger partial charge is 0.391 e. The topological polar surface area (TPSA) is 52.6 Å². The van der Waals surface area contributed by atoms with Gasteiger partial charge in [0.15, 0.2) is 0 Å². The summed E-state index contributed by atoms with van der Waals surface area (Å²) in [7, 11) is 1.65. The number of nitrogens with zero attached hydrogens (tertiary/aromatic N) is 1. The number of hydrogen-bond donors (Lipinski definition) is 2. The molecule has 1 rings (SSSR count). The molecular weight excluding hydrogens is 249 g/mol. The number of carbonyl (C=O) groups is 1. The fourth-order valence-corrected chi connectivity index (χ4v) is 2.20. The summed E-state index contributed by atoms with van der Waals surface area (Å²) in [5, 5.41) is 11.6. The van der Waals surface area contributed by atoms with Crippen LogP contribution in [0.25, 0.3) is 0 Å². The molecule has 1 amide bonds. The Morgan fingerprint density at radius 2 is 2.00 bits per heavy atom. The molecule has 1 aliphatic rings. The molecule has 0 bridgehead atoms. The molecule has 0 aromatic rings. The van der Waals surface area contributed by atoms with Crippen molar-refractivity contribution in [2.75, 3.05) is 20.1 Å². The van der Waals surface area contributed by atoms with Crippen molar-refractivity contribution in [1.29, 1.82) is 0 Å². The fourth-order valence-electron chi connectivity index (χ4n) is 2.20. The summed E-state index contributed by atoms with van der Waals surface area (Å²) >= 11 is 0. The number of aliphatic hydroxyl groups excluding tert-OH is 1. The maximum Gasteiger partial charge on any atom is 0.405 e. The first-order valence-corrected chi connectivity index (χ1v) is 6.01. The predicted octanol–water partition coefficient (Wildman–Crippen LogP) is 0.900. The van der Waals surface area contributed by atoms with Crippen LogP contribution < -0.4 is 5.32 Å². The molecule has 0 spiro atoms. The first-order valence-electron chi connectivity index (χ1n) is 6.01. The molecule has 4 nitrogen and oxygen atoms in total. The number of nitrogens with one attached hydrogen (secondary N) is 1. The second-order valence-electron chi connectivity index (χ2n) is 4.73. The zero-order valence-corrected chi connectivity index (χ0v) is 10.3. The Hall–Kier alpha value is -0.820. The third kappa shape index (κ3) is 5.22. The molecule has 0 aliphatic heterocycles. The molecule has 18 heavy (non-hydrogen) atoms. The van der Waals surface area contributed by atoms with Gasteiger partial charge in [0.05, 0.1) is 12.6 Å². The van der Waals surface area contributed by atoms with Crippen LogP contribution in [0.3, 0.4) is 0 Å². The zero-order valence-electron chi connectivity index (χ0n) is 10.3. The minimum absolute atomic E-state index is 0.127. The Labute approximate surface area is 104 Å². The van der Waals surface area contributed by atoms with Crippen molar-refractivity contribution in [3.63, 3.8) is 0 Å². The molecule has 1 saturated carbocycles. The first-order chi connectivity index (χ1) is 8.29. The van der Waals surface area contributed by atoms with Gasteiger partial charge in [0.1, 0.15) is 6.54 Å². The molecule has 1 fully saturated rings. The van der Waals surface area contributed by atoms with E-state index in [2.05, 4.69) is 0 Å². The Kier molecular flexibility index (Phi) is 5.40. The lowest BCUT2D eigenvalue weighted by Gasteiger charge is -2.34.